The summed E-state index contributed by atoms with van der Waals surface area (Å²) in [6.07, 6.45) is 3.46. The Morgan fingerprint density at radius 2 is 1.72 bits per heavy atom. The number of aromatic nitrogens is 2. The van der Waals surface area contributed by atoms with Crippen LogP contribution in [0.2, 0.25) is 0 Å². The number of amides is 1. The summed E-state index contributed by atoms with van der Waals surface area (Å²) < 4.78 is 0. The van der Waals surface area contributed by atoms with Gasteiger partial charge in [-0.15, -0.1) is 0 Å². The predicted molar refractivity (Wildman–Crippen MR) is 120 cm³/mol. The van der Waals surface area contributed by atoms with Crippen LogP contribution in [0.3, 0.4) is 0 Å². The van der Waals surface area contributed by atoms with Crippen LogP contribution in [-0.4, -0.2) is 22.4 Å². The molecule has 3 N–H and O–H groups in total. The molecule has 6 nitrogen and oxygen atoms in total. The Hall–Kier alpha value is -3.41. The molecule has 3 rings (SSSR count). The highest BCUT2D eigenvalue weighted by molar-refractivity contribution is 5.89. The lowest BCUT2D eigenvalue weighted by molar-refractivity contribution is -0.114. The molecule has 1 heterocycles. The highest BCUT2D eigenvalue weighted by atomic mass is 16.1. The van der Waals surface area contributed by atoms with Crippen molar-refractivity contribution in [2.75, 3.05) is 22.5 Å². The Bertz CT molecular complexity index is 943. The van der Waals surface area contributed by atoms with E-state index in [1.165, 1.54) is 19.8 Å². The van der Waals surface area contributed by atoms with Crippen molar-refractivity contribution in [1.29, 1.82) is 0 Å². The summed E-state index contributed by atoms with van der Waals surface area (Å²) >= 11 is 0. The third-order valence-electron chi connectivity index (χ3n) is 4.32. The minimum absolute atomic E-state index is 0.108. The normalized spacial score (nSPS) is 10.4. The second-order valence-corrected chi connectivity index (χ2v) is 6.85. The van der Waals surface area contributed by atoms with Crippen molar-refractivity contribution in [3.8, 4) is 11.3 Å². The number of carbonyl (C=O) groups excluding carboxylic acids is 1. The van der Waals surface area contributed by atoms with Gasteiger partial charge in [0.05, 0.1) is 5.69 Å². The number of nitrogens with one attached hydrogen (secondary N) is 3. The highest BCUT2D eigenvalue weighted by Gasteiger charge is 2.08. The molecule has 2 aromatic carbocycles. The SMILES string of the molecule is CCCCCNc1cc(-c2ccccc2)nc(Nc2cccc(NC(C)=O)c2)n1. The molecule has 0 aliphatic carbocycles. The zero-order valence-electron chi connectivity index (χ0n) is 16.9. The van der Waals surface area contributed by atoms with Crippen molar-refractivity contribution in [2.45, 2.75) is 33.1 Å². The Morgan fingerprint density at radius 3 is 2.48 bits per heavy atom. The van der Waals surface area contributed by atoms with E-state index in [1.54, 1.807) is 0 Å². The number of carbonyl (C=O) groups is 1. The fourth-order valence-corrected chi connectivity index (χ4v) is 2.95. The summed E-state index contributed by atoms with van der Waals surface area (Å²) in [5, 5.41) is 9.45. The molecule has 0 atom stereocenters. The Balaban J connectivity index is 1.85. The maximum atomic E-state index is 11.3. The molecule has 0 bridgehead atoms. The minimum atomic E-state index is -0.108. The van der Waals surface area contributed by atoms with Crippen molar-refractivity contribution in [1.82, 2.24) is 9.97 Å². The van der Waals surface area contributed by atoms with Gasteiger partial charge in [0.25, 0.3) is 0 Å². The molecular formula is C23H27N5O. The third-order valence-corrected chi connectivity index (χ3v) is 4.32. The van der Waals surface area contributed by atoms with Gasteiger partial charge in [-0.3, -0.25) is 4.79 Å². The lowest BCUT2D eigenvalue weighted by Crippen LogP contribution is -2.08. The summed E-state index contributed by atoms with van der Waals surface area (Å²) in [6, 6.07) is 19.5. The molecule has 150 valence electrons. The van der Waals surface area contributed by atoms with Crippen LogP contribution in [0.5, 0.6) is 0 Å². The Kier molecular flexibility index (Phi) is 7.16. The topological polar surface area (TPSA) is 78.9 Å². The van der Waals surface area contributed by atoms with Crippen LogP contribution < -0.4 is 16.0 Å². The molecule has 6 heteroatoms. The largest absolute Gasteiger partial charge is 0.370 e. The number of hydrogen-bond donors (Lipinski definition) is 3. The van der Waals surface area contributed by atoms with E-state index in [-0.39, 0.29) is 5.91 Å². The molecular weight excluding hydrogens is 362 g/mol. The first-order chi connectivity index (χ1) is 14.1. The van der Waals surface area contributed by atoms with Gasteiger partial charge in [0.2, 0.25) is 11.9 Å². The monoisotopic (exact) mass is 389 g/mol. The number of hydrogen-bond acceptors (Lipinski definition) is 5. The van der Waals surface area contributed by atoms with Gasteiger partial charge >= 0.3 is 0 Å². The lowest BCUT2D eigenvalue weighted by Gasteiger charge is -2.12. The van der Waals surface area contributed by atoms with Gasteiger partial charge in [0.1, 0.15) is 5.82 Å². The molecule has 0 fully saturated rings. The molecule has 0 saturated carbocycles. The number of rotatable bonds is 9. The van der Waals surface area contributed by atoms with Gasteiger partial charge in [0, 0.05) is 36.5 Å². The van der Waals surface area contributed by atoms with E-state index in [4.69, 9.17) is 0 Å². The van der Waals surface area contributed by atoms with Crippen molar-refractivity contribution >= 4 is 29.0 Å². The van der Waals surface area contributed by atoms with Crippen molar-refractivity contribution in [3.05, 3.63) is 60.7 Å². The minimum Gasteiger partial charge on any atom is -0.370 e. The highest BCUT2D eigenvalue weighted by Crippen LogP contribution is 2.24. The standard InChI is InChI=1S/C23H27N5O/c1-3-4-8-14-24-22-16-21(18-10-6-5-7-11-18)27-23(28-22)26-20-13-9-12-19(15-20)25-17(2)29/h5-7,9-13,15-16H,3-4,8,14H2,1-2H3,(H,25,29)(H2,24,26,27,28). The zero-order chi connectivity index (χ0) is 20.5. The van der Waals surface area contributed by atoms with E-state index in [9.17, 15) is 4.79 Å². The number of unbranched alkanes of at least 4 members (excludes halogenated alkanes) is 2. The molecule has 0 aliphatic heterocycles. The van der Waals surface area contributed by atoms with Gasteiger partial charge in [0.15, 0.2) is 0 Å². The van der Waals surface area contributed by atoms with E-state index < -0.39 is 0 Å². The number of nitrogens with zero attached hydrogens (tertiary/aromatic N) is 2. The van der Waals surface area contributed by atoms with Gasteiger partial charge in [-0.25, -0.2) is 4.98 Å². The Labute approximate surface area is 171 Å². The first-order valence-electron chi connectivity index (χ1n) is 9.97. The van der Waals surface area contributed by atoms with E-state index in [2.05, 4.69) is 32.8 Å². The first kappa shape index (κ1) is 20.3. The molecule has 1 aromatic heterocycles. The third kappa shape index (κ3) is 6.31. The second-order valence-electron chi connectivity index (χ2n) is 6.85. The van der Waals surface area contributed by atoms with E-state index in [0.717, 1.165) is 41.4 Å². The van der Waals surface area contributed by atoms with Crippen molar-refractivity contribution in [2.24, 2.45) is 0 Å². The maximum Gasteiger partial charge on any atom is 0.229 e. The first-order valence-corrected chi connectivity index (χ1v) is 9.97. The van der Waals surface area contributed by atoms with Crippen LogP contribution in [-0.2, 0) is 4.79 Å². The van der Waals surface area contributed by atoms with Gasteiger partial charge in [-0.2, -0.15) is 4.98 Å². The van der Waals surface area contributed by atoms with Crippen LogP contribution in [0.25, 0.3) is 11.3 Å². The van der Waals surface area contributed by atoms with Gasteiger partial charge in [-0.1, -0.05) is 56.2 Å². The smallest absolute Gasteiger partial charge is 0.229 e. The molecule has 0 unspecified atom stereocenters. The number of benzene rings is 2. The number of anilines is 4. The predicted octanol–water partition coefficient (Wildman–Crippen LogP) is 5.45. The summed E-state index contributed by atoms with van der Waals surface area (Å²) in [5.74, 6) is 1.18. The molecule has 0 spiro atoms. The van der Waals surface area contributed by atoms with Crippen molar-refractivity contribution < 1.29 is 4.79 Å². The molecule has 0 aliphatic rings. The van der Waals surface area contributed by atoms with Crippen LogP contribution in [0.15, 0.2) is 60.7 Å². The van der Waals surface area contributed by atoms with Crippen LogP contribution in [0.1, 0.15) is 33.1 Å². The fourth-order valence-electron chi connectivity index (χ4n) is 2.95. The van der Waals surface area contributed by atoms with E-state index in [1.807, 2.05) is 60.7 Å². The summed E-state index contributed by atoms with van der Waals surface area (Å²) in [5.41, 5.74) is 3.40. The average Bonchev–Trinajstić information content (AvgIpc) is 2.71. The zero-order valence-corrected chi connectivity index (χ0v) is 16.9. The summed E-state index contributed by atoms with van der Waals surface area (Å²) in [4.78, 5) is 20.6. The fraction of sp³-hybridized carbons (Fsp3) is 0.261. The molecule has 3 aromatic rings. The van der Waals surface area contributed by atoms with Crippen LogP contribution >= 0.6 is 0 Å². The second kappa shape index (κ2) is 10.2. The maximum absolute atomic E-state index is 11.3. The molecule has 0 radical (unpaired) electrons. The lowest BCUT2D eigenvalue weighted by atomic mass is 10.1. The van der Waals surface area contributed by atoms with Crippen molar-refractivity contribution in [3.63, 3.8) is 0 Å². The Morgan fingerprint density at radius 1 is 0.931 bits per heavy atom. The summed E-state index contributed by atoms with van der Waals surface area (Å²) in [6.45, 7) is 4.55. The summed E-state index contributed by atoms with van der Waals surface area (Å²) in [7, 11) is 0. The van der Waals surface area contributed by atoms with E-state index in [0.29, 0.717) is 5.95 Å². The molecule has 29 heavy (non-hydrogen) atoms. The average molecular weight is 390 g/mol. The molecule has 1 amide bonds. The van der Waals surface area contributed by atoms with Gasteiger partial charge in [-0.05, 0) is 24.6 Å². The molecule has 0 saturated heterocycles. The van der Waals surface area contributed by atoms with Crippen LogP contribution in [0.4, 0.5) is 23.1 Å². The van der Waals surface area contributed by atoms with Crippen LogP contribution in [0, 0.1) is 0 Å². The van der Waals surface area contributed by atoms with Gasteiger partial charge < -0.3 is 16.0 Å². The van der Waals surface area contributed by atoms with E-state index >= 15 is 0 Å². The quantitative estimate of drug-likeness (QED) is 0.424.